The Labute approximate surface area is 295 Å². The zero-order valence-corrected chi connectivity index (χ0v) is 28.7. The predicted octanol–water partition coefficient (Wildman–Crippen LogP) is 13.9. The molecule has 0 aliphatic heterocycles. The summed E-state index contributed by atoms with van der Waals surface area (Å²) in [4.78, 5) is 3.74. The van der Waals surface area contributed by atoms with E-state index in [4.69, 9.17) is 4.42 Å². The third-order valence-electron chi connectivity index (χ3n) is 10.5. The molecule has 1 aliphatic carbocycles. The Morgan fingerprint density at radius 3 is 1.82 bits per heavy atom. The van der Waals surface area contributed by atoms with Crippen LogP contribution in [0.1, 0.15) is 25.0 Å². The van der Waals surface area contributed by atoms with Crippen molar-refractivity contribution in [2.45, 2.75) is 19.3 Å². The second-order valence-electron chi connectivity index (χ2n) is 13.8. The van der Waals surface area contributed by atoms with Crippen molar-refractivity contribution in [1.29, 1.82) is 0 Å². The van der Waals surface area contributed by atoms with Crippen LogP contribution in [0.2, 0.25) is 0 Å². The van der Waals surface area contributed by atoms with Gasteiger partial charge in [-0.15, -0.1) is 11.3 Å². The molecule has 0 bridgehead atoms. The molecule has 9 aromatic rings. The fraction of sp³-hybridized carbons (Fsp3) is 0.0638. The number of hydrogen-bond donors (Lipinski definition) is 0. The Morgan fingerprint density at radius 1 is 0.480 bits per heavy atom. The van der Waals surface area contributed by atoms with Gasteiger partial charge in [-0.05, 0) is 98.9 Å². The molecule has 0 saturated carbocycles. The first-order chi connectivity index (χ1) is 24.5. The molecule has 1 aliphatic rings. The van der Waals surface area contributed by atoms with Crippen molar-refractivity contribution in [2.75, 3.05) is 4.90 Å². The quantitative estimate of drug-likeness (QED) is 0.183. The molecule has 50 heavy (non-hydrogen) atoms. The van der Waals surface area contributed by atoms with Gasteiger partial charge in [0.15, 0.2) is 0 Å². The van der Waals surface area contributed by atoms with Gasteiger partial charge in [0.05, 0.1) is 0 Å². The van der Waals surface area contributed by atoms with E-state index in [1.807, 2.05) is 23.5 Å². The highest BCUT2D eigenvalue weighted by atomic mass is 32.1. The lowest BCUT2D eigenvalue weighted by atomic mass is 9.80. The van der Waals surface area contributed by atoms with E-state index in [0.717, 1.165) is 39.0 Å². The summed E-state index contributed by atoms with van der Waals surface area (Å²) in [6.07, 6.45) is 0. The maximum atomic E-state index is 6.34. The van der Waals surface area contributed by atoms with Crippen LogP contribution in [0.25, 0.3) is 64.7 Å². The van der Waals surface area contributed by atoms with Crippen LogP contribution in [0.5, 0.6) is 0 Å². The van der Waals surface area contributed by atoms with Crippen molar-refractivity contribution < 1.29 is 4.42 Å². The van der Waals surface area contributed by atoms with Crippen molar-refractivity contribution in [3.8, 4) is 32.7 Å². The average molecular weight is 660 g/mol. The number of benzene rings is 7. The van der Waals surface area contributed by atoms with E-state index in [9.17, 15) is 0 Å². The monoisotopic (exact) mass is 659 g/mol. The minimum absolute atomic E-state index is 0.0573. The second kappa shape index (κ2) is 11.1. The molecule has 0 atom stereocenters. The van der Waals surface area contributed by atoms with Crippen molar-refractivity contribution in [3.05, 3.63) is 175 Å². The maximum absolute atomic E-state index is 6.34. The third kappa shape index (κ3) is 4.47. The van der Waals surface area contributed by atoms with E-state index in [0.29, 0.717) is 0 Å². The standard InChI is InChI=1S/C47H33NOS/c1-47(2)41-28-33(20-26-39(41)46-45(47)40-13-7-9-15-44(40)50-46)32-18-23-35(24-19-32)48(34-21-16-31(17-22-34)30-10-4-3-5-11-30)36-25-27-38-37-12-6-8-14-42(37)49-43(38)29-36/h3-29H,1-2H3. The zero-order valence-electron chi connectivity index (χ0n) is 27.9. The molecular formula is C47H33NOS. The van der Waals surface area contributed by atoms with Crippen LogP contribution >= 0.6 is 11.3 Å². The van der Waals surface area contributed by atoms with E-state index in [-0.39, 0.29) is 5.41 Å². The van der Waals surface area contributed by atoms with E-state index in [1.165, 1.54) is 53.9 Å². The van der Waals surface area contributed by atoms with Crippen molar-refractivity contribution in [2.24, 2.45) is 0 Å². The molecule has 0 radical (unpaired) electrons. The third-order valence-corrected chi connectivity index (χ3v) is 11.7. The molecule has 0 fully saturated rings. The lowest BCUT2D eigenvalue weighted by Crippen LogP contribution is -2.15. The fourth-order valence-corrected chi connectivity index (χ4v) is 9.37. The first-order valence-corrected chi connectivity index (χ1v) is 18.0. The molecule has 2 aromatic heterocycles. The first-order valence-electron chi connectivity index (χ1n) is 17.2. The minimum Gasteiger partial charge on any atom is -0.456 e. The van der Waals surface area contributed by atoms with Crippen LogP contribution in [0.15, 0.2) is 168 Å². The van der Waals surface area contributed by atoms with Crippen LogP contribution < -0.4 is 4.90 Å². The van der Waals surface area contributed by atoms with Gasteiger partial charge in [-0.25, -0.2) is 0 Å². The van der Waals surface area contributed by atoms with Crippen LogP contribution in [0, 0.1) is 0 Å². The lowest BCUT2D eigenvalue weighted by Gasteiger charge is -2.26. The van der Waals surface area contributed by atoms with Gasteiger partial charge in [0.1, 0.15) is 11.2 Å². The summed E-state index contributed by atoms with van der Waals surface area (Å²) < 4.78 is 7.71. The maximum Gasteiger partial charge on any atom is 0.137 e. The van der Waals surface area contributed by atoms with Crippen molar-refractivity contribution in [3.63, 3.8) is 0 Å². The van der Waals surface area contributed by atoms with E-state index >= 15 is 0 Å². The summed E-state index contributed by atoms with van der Waals surface area (Å²) in [7, 11) is 0. The largest absolute Gasteiger partial charge is 0.456 e. The molecule has 7 aromatic carbocycles. The summed E-state index contributed by atoms with van der Waals surface area (Å²) in [5.74, 6) is 0. The first kappa shape index (κ1) is 29.1. The number of rotatable bonds is 5. The highest BCUT2D eigenvalue weighted by molar-refractivity contribution is 7.22. The van der Waals surface area contributed by atoms with Gasteiger partial charge in [-0.2, -0.15) is 0 Å². The Morgan fingerprint density at radius 2 is 1.06 bits per heavy atom. The molecule has 2 nitrogen and oxygen atoms in total. The van der Waals surface area contributed by atoms with Gasteiger partial charge >= 0.3 is 0 Å². The molecule has 0 spiro atoms. The molecule has 3 heteroatoms. The number of furan rings is 1. The minimum atomic E-state index is -0.0573. The second-order valence-corrected chi connectivity index (χ2v) is 14.8. The Balaban J connectivity index is 1.05. The van der Waals surface area contributed by atoms with Crippen molar-refractivity contribution >= 4 is 60.4 Å². The van der Waals surface area contributed by atoms with Crippen molar-refractivity contribution in [1.82, 2.24) is 0 Å². The highest BCUT2D eigenvalue weighted by Crippen LogP contribution is 2.56. The average Bonchev–Trinajstić information content (AvgIpc) is 3.81. The number of hydrogen-bond acceptors (Lipinski definition) is 3. The van der Waals surface area contributed by atoms with Crippen LogP contribution in [0.3, 0.4) is 0 Å². The molecule has 0 unspecified atom stereocenters. The summed E-state index contributed by atoms with van der Waals surface area (Å²) in [5.41, 5.74) is 14.1. The summed E-state index contributed by atoms with van der Waals surface area (Å²) in [5, 5.41) is 3.65. The summed E-state index contributed by atoms with van der Waals surface area (Å²) in [6.45, 7) is 4.76. The van der Waals surface area contributed by atoms with Crippen LogP contribution in [-0.4, -0.2) is 0 Å². The van der Waals surface area contributed by atoms with E-state index < -0.39 is 0 Å². The van der Waals surface area contributed by atoms with Gasteiger partial charge in [-0.3, -0.25) is 0 Å². The van der Waals surface area contributed by atoms with E-state index in [1.54, 1.807) is 0 Å². The molecule has 0 amide bonds. The summed E-state index contributed by atoms with van der Waals surface area (Å²) >= 11 is 1.92. The molecular weight excluding hydrogens is 627 g/mol. The zero-order chi connectivity index (χ0) is 33.4. The number of thiophene rings is 1. The Kier molecular flexibility index (Phi) is 6.43. The van der Waals surface area contributed by atoms with Gasteiger partial charge in [0.25, 0.3) is 0 Å². The number of para-hydroxylation sites is 1. The van der Waals surface area contributed by atoms with Gasteiger partial charge in [-0.1, -0.05) is 117 Å². The van der Waals surface area contributed by atoms with E-state index in [2.05, 4.69) is 170 Å². The summed E-state index contributed by atoms with van der Waals surface area (Å²) in [6, 6.07) is 59.1. The van der Waals surface area contributed by atoms with Crippen LogP contribution in [0.4, 0.5) is 17.1 Å². The molecule has 2 heterocycles. The Bertz CT molecular complexity index is 2710. The molecule has 0 saturated heterocycles. The SMILES string of the molecule is CC1(C)c2cc(-c3ccc(N(c4ccc(-c5ccccc5)cc4)c4ccc5c(c4)oc4ccccc45)cc3)ccc2-c2sc3ccccc3c21. The normalized spacial score (nSPS) is 13.2. The lowest BCUT2D eigenvalue weighted by molar-refractivity contribution is 0.667. The Hall–Kier alpha value is -5.90. The molecule has 10 rings (SSSR count). The smallest absolute Gasteiger partial charge is 0.137 e. The number of anilines is 3. The topological polar surface area (TPSA) is 16.4 Å². The molecule has 0 N–H and O–H groups in total. The predicted molar refractivity (Wildman–Crippen MR) is 212 cm³/mol. The number of fused-ring (bicyclic) bond motifs is 8. The van der Waals surface area contributed by atoms with Gasteiger partial charge < -0.3 is 9.32 Å². The highest BCUT2D eigenvalue weighted by Gasteiger charge is 2.38. The van der Waals surface area contributed by atoms with Crippen LogP contribution in [-0.2, 0) is 5.41 Å². The van der Waals surface area contributed by atoms with Gasteiger partial charge in [0, 0.05) is 48.9 Å². The van der Waals surface area contributed by atoms with Gasteiger partial charge in [0.2, 0.25) is 0 Å². The molecule has 238 valence electrons. The fourth-order valence-electron chi connectivity index (χ4n) is 7.97. The number of nitrogens with zero attached hydrogens (tertiary/aromatic N) is 1.